The minimum atomic E-state index is -0.329. The maximum atomic E-state index is 13.3. The predicted molar refractivity (Wildman–Crippen MR) is 110 cm³/mol. The van der Waals surface area contributed by atoms with Crippen LogP contribution in [0.3, 0.4) is 0 Å². The second-order valence-corrected chi connectivity index (χ2v) is 7.74. The number of guanidine groups is 1. The molecule has 0 radical (unpaired) electrons. The number of halogens is 2. The van der Waals surface area contributed by atoms with Gasteiger partial charge in [0.25, 0.3) is 0 Å². The number of aryl methyl sites for hydroxylation is 2. The van der Waals surface area contributed by atoms with Gasteiger partial charge in [-0.2, -0.15) is 5.10 Å². The van der Waals surface area contributed by atoms with Gasteiger partial charge in [-0.05, 0) is 38.5 Å². The topological polar surface area (TPSA) is 54.2 Å². The third-order valence-electron chi connectivity index (χ3n) is 4.76. The van der Waals surface area contributed by atoms with Crippen LogP contribution in [0.25, 0.3) is 0 Å². The van der Waals surface area contributed by atoms with Crippen molar-refractivity contribution in [2.24, 2.45) is 12.0 Å². The summed E-state index contributed by atoms with van der Waals surface area (Å²) in [5.74, 6) is 0.399. The van der Waals surface area contributed by atoms with Crippen LogP contribution in [-0.4, -0.2) is 28.8 Å². The Bertz CT molecular complexity index is 826. The summed E-state index contributed by atoms with van der Waals surface area (Å²) in [6.45, 7) is 12.1. The highest BCUT2D eigenvalue weighted by atomic mass is 35.5. The molecule has 1 aromatic carbocycles. The minimum Gasteiger partial charge on any atom is -0.357 e. The highest BCUT2D eigenvalue weighted by Gasteiger charge is 2.24. The lowest BCUT2D eigenvalue weighted by molar-refractivity contribution is 0.507. The first-order chi connectivity index (χ1) is 12.7. The highest BCUT2D eigenvalue weighted by molar-refractivity contribution is 6.31. The van der Waals surface area contributed by atoms with Gasteiger partial charge in [-0.1, -0.05) is 31.5 Å². The van der Waals surface area contributed by atoms with E-state index in [1.807, 2.05) is 32.5 Å². The molecule has 1 aromatic heterocycles. The summed E-state index contributed by atoms with van der Waals surface area (Å²) in [5.41, 5.74) is 3.85. The SMILES string of the molecule is CCNC(=NCc1c(C)nn(C)c1C)NCC(C)(C)c1ccc(F)cc1Cl. The van der Waals surface area contributed by atoms with Crippen LogP contribution in [-0.2, 0) is 19.0 Å². The molecule has 7 heteroatoms. The number of aliphatic imine (C=N–C) groups is 1. The van der Waals surface area contributed by atoms with Crippen molar-refractivity contribution >= 4 is 17.6 Å². The molecular weight excluding hydrogens is 365 g/mol. The Hall–Kier alpha value is -2.08. The van der Waals surface area contributed by atoms with Gasteiger partial charge in [-0.15, -0.1) is 0 Å². The minimum absolute atomic E-state index is 0.291. The monoisotopic (exact) mass is 393 g/mol. The molecule has 0 saturated carbocycles. The molecule has 0 aliphatic carbocycles. The van der Waals surface area contributed by atoms with E-state index in [0.717, 1.165) is 35.0 Å². The number of hydrogen-bond donors (Lipinski definition) is 2. The molecule has 2 aromatic rings. The van der Waals surface area contributed by atoms with Crippen molar-refractivity contribution in [1.29, 1.82) is 0 Å². The Kier molecular flexibility index (Phi) is 6.87. The molecule has 0 saturated heterocycles. The summed E-state index contributed by atoms with van der Waals surface area (Å²) in [7, 11) is 1.94. The Labute approximate surface area is 166 Å². The van der Waals surface area contributed by atoms with Gasteiger partial charge in [0, 0.05) is 41.8 Å². The van der Waals surface area contributed by atoms with E-state index in [9.17, 15) is 4.39 Å². The summed E-state index contributed by atoms with van der Waals surface area (Å²) >= 11 is 6.25. The van der Waals surface area contributed by atoms with E-state index in [1.54, 1.807) is 6.07 Å². The van der Waals surface area contributed by atoms with Crippen molar-refractivity contribution in [2.45, 2.75) is 46.6 Å². The Morgan fingerprint density at radius 1 is 1.30 bits per heavy atom. The molecule has 27 heavy (non-hydrogen) atoms. The molecule has 0 atom stereocenters. The normalized spacial score (nSPS) is 12.4. The van der Waals surface area contributed by atoms with E-state index in [0.29, 0.717) is 18.1 Å². The zero-order valence-corrected chi connectivity index (χ0v) is 17.7. The van der Waals surface area contributed by atoms with E-state index >= 15 is 0 Å². The quantitative estimate of drug-likeness (QED) is 0.578. The third-order valence-corrected chi connectivity index (χ3v) is 5.07. The van der Waals surface area contributed by atoms with Gasteiger partial charge in [-0.25, -0.2) is 9.38 Å². The zero-order chi connectivity index (χ0) is 20.2. The summed E-state index contributed by atoms with van der Waals surface area (Å²) < 4.78 is 15.2. The molecule has 0 fully saturated rings. The number of benzene rings is 1. The Balaban J connectivity index is 2.13. The molecule has 0 bridgehead atoms. The second kappa shape index (κ2) is 8.74. The molecule has 0 spiro atoms. The van der Waals surface area contributed by atoms with Crippen LogP contribution >= 0.6 is 11.6 Å². The maximum absolute atomic E-state index is 13.3. The maximum Gasteiger partial charge on any atom is 0.191 e. The van der Waals surface area contributed by atoms with Crippen molar-refractivity contribution in [3.8, 4) is 0 Å². The first-order valence-electron chi connectivity index (χ1n) is 9.12. The van der Waals surface area contributed by atoms with Crippen molar-refractivity contribution in [3.05, 3.63) is 51.6 Å². The molecule has 2 N–H and O–H groups in total. The fraction of sp³-hybridized carbons (Fsp3) is 0.500. The number of nitrogens with one attached hydrogen (secondary N) is 2. The Morgan fingerprint density at radius 3 is 2.56 bits per heavy atom. The zero-order valence-electron chi connectivity index (χ0n) is 17.0. The molecule has 2 rings (SSSR count). The predicted octanol–water partition coefficient (Wildman–Crippen LogP) is 3.86. The van der Waals surface area contributed by atoms with E-state index in [-0.39, 0.29) is 11.2 Å². The van der Waals surface area contributed by atoms with Crippen molar-refractivity contribution in [1.82, 2.24) is 20.4 Å². The molecule has 0 aliphatic rings. The molecular formula is C20H29ClFN5. The lowest BCUT2D eigenvalue weighted by atomic mass is 9.84. The average Bonchev–Trinajstić information content (AvgIpc) is 2.82. The summed E-state index contributed by atoms with van der Waals surface area (Å²) in [6, 6.07) is 4.54. The average molecular weight is 394 g/mol. The fourth-order valence-corrected chi connectivity index (χ4v) is 3.41. The molecule has 0 amide bonds. The van der Waals surface area contributed by atoms with Crippen LogP contribution in [0.1, 0.15) is 43.3 Å². The summed E-state index contributed by atoms with van der Waals surface area (Å²) in [6.07, 6.45) is 0. The first kappa shape index (κ1) is 21.2. The second-order valence-electron chi connectivity index (χ2n) is 7.33. The van der Waals surface area contributed by atoms with Gasteiger partial charge in [-0.3, -0.25) is 4.68 Å². The van der Waals surface area contributed by atoms with E-state index in [4.69, 9.17) is 16.6 Å². The summed E-state index contributed by atoms with van der Waals surface area (Å²) in [4.78, 5) is 4.70. The van der Waals surface area contributed by atoms with Crippen LogP contribution in [0.2, 0.25) is 5.02 Å². The molecule has 0 unspecified atom stereocenters. The van der Waals surface area contributed by atoms with Gasteiger partial charge in [0.05, 0.1) is 12.2 Å². The number of nitrogens with zero attached hydrogens (tertiary/aromatic N) is 3. The Morgan fingerprint density at radius 2 is 2.00 bits per heavy atom. The van der Waals surface area contributed by atoms with Crippen LogP contribution in [0.4, 0.5) is 4.39 Å². The lowest BCUT2D eigenvalue weighted by Gasteiger charge is -2.27. The van der Waals surface area contributed by atoms with Gasteiger partial charge in [0.15, 0.2) is 5.96 Å². The number of rotatable bonds is 6. The van der Waals surface area contributed by atoms with Gasteiger partial charge < -0.3 is 10.6 Å². The highest BCUT2D eigenvalue weighted by Crippen LogP contribution is 2.29. The van der Waals surface area contributed by atoms with Crippen molar-refractivity contribution in [3.63, 3.8) is 0 Å². The first-order valence-corrected chi connectivity index (χ1v) is 9.50. The van der Waals surface area contributed by atoms with Crippen LogP contribution in [0, 0.1) is 19.7 Å². The van der Waals surface area contributed by atoms with Crippen molar-refractivity contribution in [2.75, 3.05) is 13.1 Å². The number of hydrogen-bond acceptors (Lipinski definition) is 2. The molecule has 0 aliphatic heterocycles. The van der Waals surface area contributed by atoms with Crippen LogP contribution < -0.4 is 10.6 Å². The molecule has 5 nitrogen and oxygen atoms in total. The third kappa shape index (κ3) is 5.22. The number of aromatic nitrogens is 2. The fourth-order valence-electron chi connectivity index (χ4n) is 2.98. The van der Waals surface area contributed by atoms with Gasteiger partial charge >= 0.3 is 0 Å². The van der Waals surface area contributed by atoms with E-state index < -0.39 is 0 Å². The van der Waals surface area contributed by atoms with Crippen LogP contribution in [0.15, 0.2) is 23.2 Å². The van der Waals surface area contributed by atoms with Crippen molar-refractivity contribution < 1.29 is 4.39 Å². The van der Waals surface area contributed by atoms with Crippen LogP contribution in [0.5, 0.6) is 0 Å². The molecule has 148 valence electrons. The lowest BCUT2D eigenvalue weighted by Crippen LogP contribution is -2.43. The van der Waals surface area contributed by atoms with Gasteiger partial charge in [0.1, 0.15) is 5.82 Å². The largest absolute Gasteiger partial charge is 0.357 e. The molecule has 1 heterocycles. The smallest absolute Gasteiger partial charge is 0.191 e. The standard InChI is InChI=1S/C20H29ClFN5/c1-7-23-19(24-11-16-13(2)26-27(6)14(16)3)25-12-20(4,5)17-9-8-15(22)10-18(17)21/h8-10H,7,11-12H2,1-6H3,(H2,23,24,25). The van der Waals surface area contributed by atoms with Gasteiger partial charge in [0.2, 0.25) is 0 Å². The van der Waals surface area contributed by atoms with E-state index in [2.05, 4.69) is 29.6 Å². The van der Waals surface area contributed by atoms with E-state index in [1.165, 1.54) is 12.1 Å². The summed E-state index contributed by atoms with van der Waals surface area (Å²) in [5, 5.41) is 11.5.